The molecule has 0 aromatic heterocycles. The summed E-state index contributed by atoms with van der Waals surface area (Å²) in [6.45, 7) is 11.1. The molecule has 6 aromatic carbocycles. The molecule has 128 heavy (non-hydrogen) atoms. The van der Waals surface area contributed by atoms with Crippen molar-refractivity contribution >= 4 is 70.0 Å². The molecule has 0 radical (unpaired) electrons. The van der Waals surface area contributed by atoms with Crippen LogP contribution in [0.15, 0.2) is 199 Å². The molecule has 690 valence electrons. The molecule has 6 aromatic rings. The molecule has 30 heteroatoms. The first-order valence-corrected chi connectivity index (χ1v) is 47.0. The van der Waals surface area contributed by atoms with Crippen molar-refractivity contribution < 1.29 is 161 Å². The van der Waals surface area contributed by atoms with Gasteiger partial charge in [0.05, 0.1) is 46.2 Å². The monoisotopic (exact) mass is 1860 g/mol. The van der Waals surface area contributed by atoms with Crippen molar-refractivity contribution in [1.29, 1.82) is 0 Å². The molecular weight excluding hydrogens is 1740 g/mol. The standard InChI is InChI=1S/2C35H39O6S.C14H20F2O3.C13H18F2O6S.CH4.ClH.Na/c2*1-33(2,3)40-32(37)41-35-21-25-18-26(22-35)20-34(19-25,24-35)39-31(36)23-38-27-14-16-30(17-15-27)42(28-10-6-4-7-11-28)29-12-8-5-9-13-29;1-12(15,16)11(17)19-8-13-3-9-2-10(4-13)6-14(18,5-9)7-13;14-13(15,22-21-20-18)10(16)19-7-11-2-8-1-9(3-11)5-12(17,4-8)6-11;;;/h2*4-17,25-26H,18-24H2,1-3H3;9-10,18H,2-8H2,1H3;8-9,17-18H,1-7H2;1H4;1H;/q2*+1;;;;;+1/p-2. The van der Waals surface area contributed by atoms with Crippen LogP contribution in [0.1, 0.15) is 210 Å². The van der Waals surface area contributed by atoms with E-state index in [2.05, 4.69) is 131 Å². The number of benzene rings is 6. The van der Waals surface area contributed by atoms with E-state index in [1.54, 1.807) is 0 Å². The Bertz CT molecular complexity index is 4420. The summed E-state index contributed by atoms with van der Waals surface area (Å²) in [5.74, 6) is -3.01. The third-order valence-corrected chi connectivity index (χ3v) is 31.7. The van der Waals surface area contributed by atoms with E-state index in [0.717, 1.165) is 128 Å². The van der Waals surface area contributed by atoms with Gasteiger partial charge in [-0.25, -0.2) is 28.8 Å². The number of ether oxygens (including phenoxy) is 10. The van der Waals surface area contributed by atoms with Gasteiger partial charge in [-0.15, -0.1) is 0 Å². The molecule has 8 unspecified atom stereocenters. The van der Waals surface area contributed by atoms with Gasteiger partial charge >= 0.3 is 76.9 Å². The molecule has 16 aliphatic rings. The number of hydrogen-bond acceptors (Lipinski definition) is 22. The quantitative estimate of drug-likeness (QED) is 0.00787. The fourth-order valence-corrected chi connectivity index (χ4v) is 29.1. The average molecular weight is 1860 g/mol. The Hall–Kier alpha value is -6.80. The van der Waals surface area contributed by atoms with Gasteiger partial charge in [0.1, 0.15) is 57.1 Å². The van der Waals surface area contributed by atoms with Crippen LogP contribution in [0.5, 0.6) is 11.5 Å². The molecule has 16 aliphatic carbocycles. The minimum Gasteiger partial charge on any atom is -1.00 e. The summed E-state index contributed by atoms with van der Waals surface area (Å²) < 4.78 is 112. The van der Waals surface area contributed by atoms with Gasteiger partial charge in [0.2, 0.25) is 0 Å². The largest absolute Gasteiger partial charge is 1.00 e. The molecule has 0 saturated heterocycles. The zero-order valence-corrected chi connectivity index (χ0v) is 78.6. The van der Waals surface area contributed by atoms with Gasteiger partial charge in [-0.1, -0.05) is 80.2 Å². The number of halogens is 5. The maximum absolute atomic E-state index is 13.3. The number of carbonyl (C=O) groups excluding carboxylic acids is 6. The molecule has 0 amide bonds. The zero-order valence-electron chi connectivity index (χ0n) is 73.3. The van der Waals surface area contributed by atoms with Gasteiger partial charge in [-0.3, -0.25) is 5.04 Å². The maximum atomic E-state index is 13.3. The third kappa shape index (κ3) is 25.0. The second-order valence-electron chi connectivity index (χ2n) is 40.3. The normalized spacial score (nSPS) is 30.6. The Morgan fingerprint density at radius 2 is 0.672 bits per heavy atom. The predicted molar refractivity (Wildman–Crippen MR) is 459 cm³/mol. The van der Waals surface area contributed by atoms with E-state index in [-0.39, 0.29) is 115 Å². The van der Waals surface area contributed by atoms with Gasteiger partial charge in [-0.05, 0) is 327 Å². The van der Waals surface area contributed by atoms with Gasteiger partial charge in [0, 0.05) is 30.6 Å². The van der Waals surface area contributed by atoms with Gasteiger partial charge in [0.15, 0.2) is 42.6 Å². The first kappa shape index (κ1) is 100. The number of aliphatic hydroxyl groups is 2. The Morgan fingerprint density at radius 1 is 0.398 bits per heavy atom. The molecule has 22 rings (SSSR count). The van der Waals surface area contributed by atoms with Crippen molar-refractivity contribution in [1.82, 2.24) is 0 Å². The first-order chi connectivity index (χ1) is 59.1. The minimum absolute atomic E-state index is 0. The van der Waals surface area contributed by atoms with E-state index in [4.69, 9.17) is 47.4 Å². The summed E-state index contributed by atoms with van der Waals surface area (Å²) in [6.07, 6.45) is 18.2. The van der Waals surface area contributed by atoms with Crippen molar-refractivity contribution in [2.24, 2.45) is 58.2 Å². The van der Waals surface area contributed by atoms with Gasteiger partial charge in [-0.2, -0.15) is 21.9 Å². The van der Waals surface area contributed by atoms with E-state index in [1.807, 2.05) is 90.1 Å². The van der Waals surface area contributed by atoms with Crippen LogP contribution in [0.25, 0.3) is 0 Å². The molecule has 16 bridgehead atoms. The maximum Gasteiger partial charge on any atom is 1.00 e. The second kappa shape index (κ2) is 40.2. The van der Waals surface area contributed by atoms with Crippen LogP contribution < -0.4 is 56.7 Å². The Balaban J connectivity index is 0.000000162. The molecule has 2 N–H and O–H groups in total. The second-order valence-corrected chi connectivity index (χ2v) is 45.1. The number of hydrogen-bond donors (Lipinski definition) is 2. The molecule has 16 fully saturated rings. The van der Waals surface area contributed by atoms with Crippen molar-refractivity contribution in [2.75, 3.05) is 26.4 Å². The Kier molecular flexibility index (Phi) is 31.4. The van der Waals surface area contributed by atoms with Gasteiger partial charge < -0.3 is 75.2 Å². The van der Waals surface area contributed by atoms with Crippen LogP contribution in [-0.4, -0.2) is 129 Å². The summed E-state index contributed by atoms with van der Waals surface area (Å²) >= 11 is -0.689. The van der Waals surface area contributed by atoms with Crippen molar-refractivity contribution in [3.05, 3.63) is 170 Å². The molecule has 16 saturated carbocycles. The SMILES string of the molecule is C.CC(C)(C)OC(=O)OC12CC3CC(CC(OC(=O)COc4ccc([S+](c5ccccc5)c5ccccc5)cc4)(C3)C1)C2.CC(C)(C)OC(=O)OC12CC3CC(CC(OC(=O)COc4ccc([S+](c5ccccc5)c5ccccc5)cc4)(C3)C1)C2.CC(F)(F)C(=O)OCC12CC3CC(CC(O)(C3)C1)C2.O=C(OCC12CC3CC(CC(O)(C3)C1)C2)C(F)(F)SOO[O-].[Cl-].[Na+]. The van der Waals surface area contributed by atoms with Crippen LogP contribution in [0.4, 0.5) is 27.2 Å². The topological polar surface area (TPSA) is 277 Å². The number of alkyl halides is 4. The Morgan fingerprint density at radius 3 is 0.945 bits per heavy atom. The fraction of sp³-hybridized carbons (Fsp3) is 0.571. The third-order valence-electron chi connectivity index (χ3n) is 26.8. The summed E-state index contributed by atoms with van der Waals surface area (Å²) in [5.41, 5.74) is -5.79. The van der Waals surface area contributed by atoms with Crippen molar-refractivity contribution in [2.45, 2.75) is 295 Å². The predicted octanol–water partition coefficient (Wildman–Crippen LogP) is 14.0. The van der Waals surface area contributed by atoms with Crippen molar-refractivity contribution in [3.63, 3.8) is 0 Å². The molecule has 0 spiro atoms. The smallest absolute Gasteiger partial charge is 1.00 e. The number of esters is 4. The molecule has 0 aliphatic heterocycles. The molecule has 21 nitrogen and oxygen atoms in total. The molecular formula is C98H119ClF4NaO21S3+. The summed E-state index contributed by atoms with van der Waals surface area (Å²) in [5, 5.41) is 29.4. The van der Waals surface area contributed by atoms with Crippen LogP contribution in [-0.2, 0) is 88.2 Å². The van der Waals surface area contributed by atoms with Crippen LogP contribution in [0.2, 0.25) is 0 Å². The van der Waals surface area contributed by atoms with Gasteiger partial charge in [0.25, 0.3) is 0 Å². The van der Waals surface area contributed by atoms with Crippen LogP contribution in [0, 0.1) is 58.2 Å². The Labute approximate surface area is 786 Å². The molecule has 0 heterocycles. The minimum atomic E-state index is -4.01. The number of rotatable bonds is 25. The van der Waals surface area contributed by atoms with Crippen molar-refractivity contribution in [3.8, 4) is 11.5 Å². The summed E-state index contributed by atoms with van der Waals surface area (Å²) in [4.78, 5) is 81.3. The summed E-state index contributed by atoms with van der Waals surface area (Å²) in [7, 11) is -0.500. The summed E-state index contributed by atoms with van der Waals surface area (Å²) in [6, 6.07) is 57.9. The van der Waals surface area contributed by atoms with E-state index in [1.165, 1.54) is 29.4 Å². The average Bonchev–Trinajstić information content (AvgIpc) is 0.727. The molecule has 8 atom stereocenters. The van der Waals surface area contributed by atoms with E-state index in [0.29, 0.717) is 91.4 Å². The van der Waals surface area contributed by atoms with E-state index in [9.17, 15) is 61.8 Å². The van der Waals surface area contributed by atoms with Crippen LogP contribution >= 0.6 is 12.0 Å². The number of carbonyl (C=O) groups is 6. The van der Waals surface area contributed by atoms with Crippen LogP contribution in [0.3, 0.4) is 0 Å². The first-order valence-electron chi connectivity index (χ1n) is 43.8. The van der Waals surface area contributed by atoms with E-state index >= 15 is 0 Å². The van der Waals surface area contributed by atoms with E-state index < -0.39 is 97.7 Å². The fourth-order valence-electron chi connectivity index (χ4n) is 24.7. The zero-order chi connectivity index (χ0) is 88.6.